The summed E-state index contributed by atoms with van der Waals surface area (Å²) in [5.74, 6) is 0. The van der Waals surface area contributed by atoms with E-state index in [0.29, 0.717) is 24.1 Å². The molecule has 152 valence electrons. The average molecular weight is 401 g/mol. The van der Waals surface area contributed by atoms with E-state index in [0.717, 1.165) is 28.1 Å². The summed E-state index contributed by atoms with van der Waals surface area (Å²) in [6.45, 7) is 3.19. The molecule has 1 aliphatic rings. The maximum atomic E-state index is 13.3. The van der Waals surface area contributed by atoms with E-state index in [-0.39, 0.29) is 17.4 Å². The standard InChI is InChI=1S/C24H23N3O3/c1-15-8-7-11-17(14-15)22-21-20-18(23(28)26(3)24(29)25(20)2)19(27(21)12-13-30-22)16-9-5-4-6-10-16/h4-11,14,22H,12-13H2,1-3H3/t22-/m1/s1. The van der Waals surface area contributed by atoms with Crippen molar-refractivity contribution in [2.45, 2.75) is 19.6 Å². The number of aromatic nitrogens is 3. The highest BCUT2D eigenvalue weighted by atomic mass is 16.5. The summed E-state index contributed by atoms with van der Waals surface area (Å²) in [4.78, 5) is 26.1. The van der Waals surface area contributed by atoms with E-state index in [1.165, 1.54) is 11.6 Å². The Balaban J connectivity index is 1.96. The van der Waals surface area contributed by atoms with Gasteiger partial charge in [0.25, 0.3) is 5.56 Å². The van der Waals surface area contributed by atoms with E-state index in [4.69, 9.17) is 4.74 Å². The number of ether oxygens (including phenoxy) is 1. The quantitative estimate of drug-likeness (QED) is 0.519. The second-order valence-corrected chi connectivity index (χ2v) is 7.85. The summed E-state index contributed by atoms with van der Waals surface area (Å²) >= 11 is 0. The Morgan fingerprint density at radius 2 is 1.73 bits per heavy atom. The Morgan fingerprint density at radius 3 is 2.47 bits per heavy atom. The number of rotatable bonds is 2. The number of aryl methyl sites for hydroxylation is 2. The van der Waals surface area contributed by atoms with Crippen LogP contribution in [0.25, 0.3) is 22.2 Å². The molecule has 0 bridgehead atoms. The smallest absolute Gasteiger partial charge is 0.331 e. The van der Waals surface area contributed by atoms with Crippen LogP contribution in [0.2, 0.25) is 0 Å². The van der Waals surface area contributed by atoms with Gasteiger partial charge in [-0.15, -0.1) is 0 Å². The summed E-state index contributed by atoms with van der Waals surface area (Å²) in [5.41, 5.74) is 4.84. The van der Waals surface area contributed by atoms with Gasteiger partial charge in [-0.1, -0.05) is 60.2 Å². The zero-order valence-corrected chi connectivity index (χ0v) is 17.3. The molecular weight excluding hydrogens is 378 g/mol. The maximum absolute atomic E-state index is 13.3. The number of hydrogen-bond donors (Lipinski definition) is 0. The molecule has 0 amide bonds. The number of nitrogens with zero attached hydrogens (tertiary/aromatic N) is 3. The maximum Gasteiger partial charge on any atom is 0.331 e. The van der Waals surface area contributed by atoms with E-state index in [1.54, 1.807) is 11.6 Å². The van der Waals surface area contributed by atoms with Crippen LogP contribution in [0.5, 0.6) is 0 Å². The first kappa shape index (κ1) is 18.6. The minimum atomic E-state index is -0.351. The molecule has 0 spiro atoms. The molecule has 0 unspecified atom stereocenters. The summed E-state index contributed by atoms with van der Waals surface area (Å²) in [6.07, 6.45) is -0.351. The Bertz CT molecular complexity index is 1390. The van der Waals surface area contributed by atoms with Crippen molar-refractivity contribution in [2.24, 2.45) is 14.1 Å². The molecule has 6 heteroatoms. The molecule has 6 nitrogen and oxygen atoms in total. The fourth-order valence-electron chi connectivity index (χ4n) is 4.56. The number of benzene rings is 2. The highest BCUT2D eigenvalue weighted by Gasteiger charge is 2.32. The van der Waals surface area contributed by atoms with E-state index < -0.39 is 0 Å². The molecule has 0 radical (unpaired) electrons. The SMILES string of the molecule is Cc1cccc([C@H]2OCCn3c(-c4ccccc4)c4c(=O)n(C)c(=O)n(C)c4c32)c1. The molecule has 0 aliphatic carbocycles. The minimum absolute atomic E-state index is 0.281. The van der Waals surface area contributed by atoms with Crippen LogP contribution in [-0.4, -0.2) is 20.3 Å². The van der Waals surface area contributed by atoms with Crippen LogP contribution < -0.4 is 11.2 Å². The van der Waals surface area contributed by atoms with Gasteiger partial charge in [-0.05, 0) is 18.1 Å². The van der Waals surface area contributed by atoms with Crippen LogP contribution >= 0.6 is 0 Å². The largest absolute Gasteiger partial charge is 0.365 e. The topological polar surface area (TPSA) is 58.2 Å². The van der Waals surface area contributed by atoms with Gasteiger partial charge in [0, 0.05) is 20.6 Å². The summed E-state index contributed by atoms with van der Waals surface area (Å²) < 4.78 is 11.1. The van der Waals surface area contributed by atoms with Gasteiger partial charge >= 0.3 is 5.69 Å². The third-order valence-electron chi connectivity index (χ3n) is 5.94. The minimum Gasteiger partial charge on any atom is -0.365 e. The van der Waals surface area contributed by atoms with Crippen LogP contribution in [0.15, 0.2) is 64.2 Å². The zero-order chi connectivity index (χ0) is 21.0. The van der Waals surface area contributed by atoms with Crippen molar-refractivity contribution in [3.63, 3.8) is 0 Å². The van der Waals surface area contributed by atoms with E-state index in [1.807, 2.05) is 55.5 Å². The fraction of sp³-hybridized carbons (Fsp3) is 0.250. The van der Waals surface area contributed by atoms with Crippen molar-refractivity contribution in [3.05, 3.63) is 92.3 Å². The average Bonchev–Trinajstić information content (AvgIpc) is 3.12. The van der Waals surface area contributed by atoms with Crippen molar-refractivity contribution < 1.29 is 4.74 Å². The van der Waals surface area contributed by atoms with E-state index in [9.17, 15) is 9.59 Å². The molecule has 4 aromatic rings. The van der Waals surface area contributed by atoms with Crippen molar-refractivity contribution in [1.29, 1.82) is 0 Å². The lowest BCUT2D eigenvalue weighted by Crippen LogP contribution is -2.37. The molecule has 5 rings (SSSR count). The number of hydrogen-bond acceptors (Lipinski definition) is 3. The van der Waals surface area contributed by atoms with Gasteiger partial charge in [-0.3, -0.25) is 13.9 Å². The first-order chi connectivity index (χ1) is 14.5. The Labute approximate surface area is 173 Å². The van der Waals surface area contributed by atoms with Gasteiger partial charge in [-0.2, -0.15) is 0 Å². The van der Waals surface area contributed by atoms with E-state index >= 15 is 0 Å². The summed E-state index contributed by atoms with van der Waals surface area (Å²) in [5, 5.41) is 0.559. The zero-order valence-electron chi connectivity index (χ0n) is 17.3. The van der Waals surface area contributed by atoms with Gasteiger partial charge in [0.2, 0.25) is 0 Å². The Morgan fingerprint density at radius 1 is 0.967 bits per heavy atom. The molecule has 1 atom stereocenters. The molecule has 1 aliphatic heterocycles. The third kappa shape index (κ3) is 2.60. The monoisotopic (exact) mass is 401 g/mol. The van der Waals surface area contributed by atoms with Crippen LogP contribution in [0, 0.1) is 6.92 Å². The van der Waals surface area contributed by atoms with Gasteiger partial charge in [0.1, 0.15) is 6.10 Å². The molecular formula is C24H23N3O3. The molecule has 0 saturated carbocycles. The summed E-state index contributed by atoms with van der Waals surface area (Å²) in [7, 11) is 3.26. The van der Waals surface area contributed by atoms with Crippen molar-refractivity contribution in [2.75, 3.05) is 6.61 Å². The second-order valence-electron chi connectivity index (χ2n) is 7.85. The first-order valence-corrected chi connectivity index (χ1v) is 10.0. The predicted molar refractivity (Wildman–Crippen MR) is 117 cm³/mol. The van der Waals surface area contributed by atoms with Crippen molar-refractivity contribution >= 4 is 10.9 Å². The van der Waals surface area contributed by atoms with Gasteiger partial charge in [-0.25, -0.2) is 4.79 Å². The van der Waals surface area contributed by atoms with Crippen molar-refractivity contribution in [3.8, 4) is 11.3 Å². The first-order valence-electron chi connectivity index (χ1n) is 10.0. The number of fused-ring (bicyclic) bond motifs is 3. The normalized spacial score (nSPS) is 16.0. The van der Waals surface area contributed by atoms with Crippen LogP contribution in [-0.2, 0) is 25.4 Å². The molecule has 0 saturated heterocycles. The lowest BCUT2D eigenvalue weighted by molar-refractivity contribution is 0.0478. The van der Waals surface area contributed by atoms with Gasteiger partial charge < -0.3 is 9.30 Å². The lowest BCUT2D eigenvalue weighted by Gasteiger charge is -2.28. The molecule has 0 fully saturated rings. The van der Waals surface area contributed by atoms with Gasteiger partial charge in [0.05, 0.1) is 28.9 Å². The molecule has 2 aromatic carbocycles. The van der Waals surface area contributed by atoms with Crippen LogP contribution in [0.1, 0.15) is 22.9 Å². The second kappa shape index (κ2) is 6.85. The molecule has 3 heterocycles. The lowest BCUT2D eigenvalue weighted by atomic mass is 10.0. The van der Waals surface area contributed by atoms with Crippen molar-refractivity contribution in [1.82, 2.24) is 13.7 Å². The van der Waals surface area contributed by atoms with Crippen LogP contribution in [0.3, 0.4) is 0 Å². The Kier molecular flexibility index (Phi) is 4.25. The molecule has 2 aromatic heterocycles. The third-order valence-corrected chi connectivity index (χ3v) is 5.94. The highest BCUT2D eigenvalue weighted by Crippen LogP contribution is 2.40. The van der Waals surface area contributed by atoms with E-state index in [2.05, 4.69) is 10.6 Å². The Hall–Kier alpha value is -3.38. The molecule has 0 N–H and O–H groups in total. The molecule has 30 heavy (non-hydrogen) atoms. The predicted octanol–water partition coefficient (Wildman–Crippen LogP) is 3.13. The highest BCUT2D eigenvalue weighted by molar-refractivity contribution is 5.96. The fourth-order valence-corrected chi connectivity index (χ4v) is 4.56. The summed E-state index contributed by atoms with van der Waals surface area (Å²) in [6, 6.07) is 18.1. The van der Waals surface area contributed by atoms with Crippen LogP contribution in [0.4, 0.5) is 0 Å². The van der Waals surface area contributed by atoms with Gasteiger partial charge in [0.15, 0.2) is 0 Å².